The summed E-state index contributed by atoms with van der Waals surface area (Å²) in [5.41, 5.74) is 0. The maximum absolute atomic E-state index is 5.32. The summed E-state index contributed by atoms with van der Waals surface area (Å²) in [6.45, 7) is 8.83. The van der Waals surface area contributed by atoms with Crippen molar-refractivity contribution in [3.05, 3.63) is 0 Å². The van der Waals surface area contributed by atoms with Crippen molar-refractivity contribution in [3.8, 4) is 0 Å². The minimum Gasteiger partial charge on any atom is -0.383 e. The van der Waals surface area contributed by atoms with E-state index in [9.17, 15) is 0 Å². The van der Waals surface area contributed by atoms with Crippen LogP contribution in [0.15, 0.2) is 0 Å². The van der Waals surface area contributed by atoms with Crippen LogP contribution in [0.5, 0.6) is 0 Å². The highest BCUT2D eigenvalue weighted by atomic mass is 16.5. The van der Waals surface area contributed by atoms with E-state index < -0.39 is 0 Å². The summed E-state index contributed by atoms with van der Waals surface area (Å²) in [4.78, 5) is 0. The van der Waals surface area contributed by atoms with Crippen molar-refractivity contribution in [2.24, 2.45) is 17.8 Å². The van der Waals surface area contributed by atoms with Gasteiger partial charge in [-0.1, -0.05) is 20.8 Å². The molecule has 1 aliphatic rings. The molecule has 0 aromatic carbocycles. The molecule has 1 saturated carbocycles. The largest absolute Gasteiger partial charge is 0.383 e. The second-order valence-electron chi connectivity index (χ2n) is 5.54. The van der Waals surface area contributed by atoms with Gasteiger partial charge in [-0.15, -0.1) is 0 Å². The van der Waals surface area contributed by atoms with Crippen LogP contribution in [0.3, 0.4) is 0 Å². The summed E-state index contributed by atoms with van der Waals surface area (Å²) in [7, 11) is 1.81. The molecule has 1 atom stereocenters. The number of ether oxygens (including phenoxy) is 1. The van der Waals surface area contributed by atoms with Crippen molar-refractivity contribution >= 4 is 0 Å². The van der Waals surface area contributed by atoms with E-state index in [0.29, 0.717) is 6.04 Å². The Bertz CT molecular complexity index is 168. The van der Waals surface area contributed by atoms with Crippen LogP contribution in [-0.4, -0.2) is 26.3 Å². The molecule has 0 aliphatic heterocycles. The molecule has 2 heteroatoms. The van der Waals surface area contributed by atoms with E-state index in [1.54, 1.807) is 0 Å². The van der Waals surface area contributed by atoms with E-state index in [4.69, 9.17) is 4.74 Å². The second kappa shape index (κ2) is 7.29. The van der Waals surface area contributed by atoms with Crippen LogP contribution in [0, 0.1) is 17.8 Å². The summed E-state index contributed by atoms with van der Waals surface area (Å²) in [5, 5.41) is 3.57. The lowest BCUT2D eigenvalue weighted by molar-refractivity contribution is 0.111. The molecule has 0 radical (unpaired) electrons. The molecule has 0 aromatic heterocycles. The van der Waals surface area contributed by atoms with Gasteiger partial charge in [-0.05, 0) is 50.0 Å². The Balaban J connectivity index is 2.37. The van der Waals surface area contributed by atoms with E-state index in [-0.39, 0.29) is 0 Å². The summed E-state index contributed by atoms with van der Waals surface area (Å²) >= 11 is 0. The molecule has 2 nitrogen and oxygen atoms in total. The Hall–Kier alpha value is -0.0800. The Labute approximate surface area is 101 Å². The van der Waals surface area contributed by atoms with Gasteiger partial charge in [-0.3, -0.25) is 0 Å². The van der Waals surface area contributed by atoms with Gasteiger partial charge in [0, 0.05) is 13.2 Å². The highest BCUT2D eigenvalue weighted by Gasteiger charge is 2.28. The molecule has 16 heavy (non-hydrogen) atoms. The van der Waals surface area contributed by atoms with Gasteiger partial charge >= 0.3 is 0 Å². The molecule has 0 aromatic rings. The van der Waals surface area contributed by atoms with Crippen molar-refractivity contribution in [2.75, 3.05) is 20.3 Å². The normalized spacial score (nSPS) is 28.3. The Morgan fingerprint density at radius 1 is 1.12 bits per heavy atom. The zero-order chi connectivity index (χ0) is 12.0. The fourth-order valence-corrected chi connectivity index (χ4v) is 3.02. The van der Waals surface area contributed by atoms with Crippen LogP contribution in [-0.2, 0) is 4.74 Å². The van der Waals surface area contributed by atoms with Gasteiger partial charge in [0.25, 0.3) is 0 Å². The van der Waals surface area contributed by atoms with E-state index >= 15 is 0 Å². The van der Waals surface area contributed by atoms with Crippen LogP contribution in [0.4, 0.5) is 0 Å². The lowest BCUT2D eigenvalue weighted by Crippen LogP contribution is -2.41. The van der Waals surface area contributed by atoms with E-state index in [2.05, 4.69) is 26.1 Å². The minimum atomic E-state index is 0.572. The van der Waals surface area contributed by atoms with Crippen molar-refractivity contribution < 1.29 is 4.74 Å². The summed E-state index contributed by atoms with van der Waals surface area (Å²) in [5.74, 6) is 2.65. The summed E-state index contributed by atoms with van der Waals surface area (Å²) in [6.07, 6.45) is 5.58. The number of rotatable bonds is 6. The van der Waals surface area contributed by atoms with Gasteiger partial charge in [0.05, 0.1) is 6.61 Å². The zero-order valence-corrected chi connectivity index (χ0v) is 11.5. The van der Waals surface area contributed by atoms with E-state index in [1.165, 1.54) is 25.7 Å². The topological polar surface area (TPSA) is 21.3 Å². The van der Waals surface area contributed by atoms with E-state index in [1.807, 2.05) is 7.11 Å². The zero-order valence-electron chi connectivity index (χ0n) is 11.5. The van der Waals surface area contributed by atoms with Gasteiger partial charge in [0.1, 0.15) is 0 Å². The highest BCUT2D eigenvalue weighted by Crippen LogP contribution is 2.34. The van der Waals surface area contributed by atoms with Crippen molar-refractivity contribution in [2.45, 2.75) is 52.5 Å². The van der Waals surface area contributed by atoms with Gasteiger partial charge < -0.3 is 10.1 Å². The molecule has 0 spiro atoms. The lowest BCUT2D eigenvalue weighted by atomic mass is 9.74. The number of likely N-dealkylation sites (N-methyl/N-ethyl adjacent to an activating group) is 1. The molecule has 1 N–H and O–H groups in total. The molecule has 1 fully saturated rings. The van der Waals surface area contributed by atoms with Gasteiger partial charge in [0.15, 0.2) is 0 Å². The fourth-order valence-electron chi connectivity index (χ4n) is 3.02. The molecule has 1 rings (SSSR count). The first kappa shape index (κ1) is 14.0. The van der Waals surface area contributed by atoms with Crippen molar-refractivity contribution in [1.82, 2.24) is 5.32 Å². The molecule has 1 aliphatic carbocycles. The van der Waals surface area contributed by atoms with Gasteiger partial charge in [0.2, 0.25) is 0 Å². The van der Waals surface area contributed by atoms with Crippen LogP contribution < -0.4 is 5.32 Å². The number of nitrogens with one attached hydrogen (secondary N) is 1. The predicted octanol–water partition coefficient (Wildman–Crippen LogP) is 3.07. The molecule has 0 saturated heterocycles. The van der Waals surface area contributed by atoms with Crippen LogP contribution in [0.25, 0.3) is 0 Å². The molecular formula is C14H29NO. The summed E-state index contributed by atoms with van der Waals surface area (Å²) < 4.78 is 5.32. The lowest BCUT2D eigenvalue weighted by Gasteiger charge is -2.35. The third-order valence-corrected chi connectivity index (χ3v) is 4.14. The van der Waals surface area contributed by atoms with Crippen molar-refractivity contribution in [1.29, 1.82) is 0 Å². The monoisotopic (exact) mass is 227 g/mol. The molecule has 0 heterocycles. The standard InChI is InChI=1S/C14H29NO/c1-5-15-14(10-16-4)13-8-6-12(7-9-13)11(2)3/h11-15H,5-10H2,1-4H3. The minimum absolute atomic E-state index is 0.572. The highest BCUT2D eigenvalue weighted by molar-refractivity contribution is 4.82. The molecular weight excluding hydrogens is 198 g/mol. The third kappa shape index (κ3) is 4.06. The smallest absolute Gasteiger partial charge is 0.0618 e. The van der Waals surface area contributed by atoms with Crippen LogP contribution >= 0.6 is 0 Å². The second-order valence-corrected chi connectivity index (χ2v) is 5.54. The molecule has 0 bridgehead atoms. The van der Waals surface area contributed by atoms with Crippen molar-refractivity contribution in [3.63, 3.8) is 0 Å². The predicted molar refractivity (Wildman–Crippen MR) is 69.6 cm³/mol. The Morgan fingerprint density at radius 3 is 2.12 bits per heavy atom. The quantitative estimate of drug-likeness (QED) is 0.753. The number of hydrogen-bond donors (Lipinski definition) is 1. The first-order valence-electron chi connectivity index (χ1n) is 6.91. The molecule has 0 amide bonds. The average Bonchev–Trinajstić information content (AvgIpc) is 2.29. The van der Waals surface area contributed by atoms with Gasteiger partial charge in [-0.2, -0.15) is 0 Å². The molecule has 96 valence electrons. The number of methoxy groups -OCH3 is 1. The number of hydrogen-bond acceptors (Lipinski definition) is 2. The maximum atomic E-state index is 5.32. The SMILES string of the molecule is CCNC(COC)C1CCC(C(C)C)CC1. The average molecular weight is 227 g/mol. The van der Waals surface area contributed by atoms with Gasteiger partial charge in [-0.25, -0.2) is 0 Å². The first-order valence-corrected chi connectivity index (χ1v) is 6.91. The maximum Gasteiger partial charge on any atom is 0.0618 e. The Morgan fingerprint density at radius 2 is 1.69 bits per heavy atom. The van der Waals surface area contributed by atoms with E-state index in [0.717, 1.165) is 30.9 Å². The fraction of sp³-hybridized carbons (Fsp3) is 1.00. The Kier molecular flexibility index (Phi) is 6.37. The third-order valence-electron chi connectivity index (χ3n) is 4.14. The van der Waals surface area contributed by atoms with Crippen LogP contribution in [0.1, 0.15) is 46.5 Å². The summed E-state index contributed by atoms with van der Waals surface area (Å²) in [6, 6.07) is 0.572. The molecule has 1 unspecified atom stereocenters. The first-order chi connectivity index (χ1) is 7.69. The van der Waals surface area contributed by atoms with Crippen LogP contribution in [0.2, 0.25) is 0 Å².